The number of hydrogen-bond acceptors (Lipinski definition) is 4. The van der Waals surface area contributed by atoms with Crippen molar-refractivity contribution in [1.82, 2.24) is 0 Å². The van der Waals surface area contributed by atoms with E-state index in [0.717, 1.165) is 12.8 Å². The van der Waals surface area contributed by atoms with Crippen LogP contribution in [0, 0.1) is 34.6 Å². The molecule has 320 valence electrons. The third-order valence-electron chi connectivity index (χ3n) is 14.7. The second-order valence-corrected chi connectivity index (χ2v) is 21.9. The SMILES string of the molecule is Cc1cc(C)cc(N(c2cc(C)c3ccc4c(N(c5cc(C)cc(C)c5)c5cccc6c5sc5ccccc56)cc5c6c(cc2c3c46)C(C)(C)CC5)c2cccc3c2sc2ccccc23)c1. The average molecular weight is 887 g/mol. The van der Waals surface area contributed by atoms with E-state index in [1.165, 1.54) is 146 Å². The van der Waals surface area contributed by atoms with Crippen LogP contribution in [0.25, 0.3) is 72.7 Å². The van der Waals surface area contributed by atoms with Gasteiger partial charge in [0, 0.05) is 58.5 Å². The fourth-order valence-electron chi connectivity index (χ4n) is 11.8. The van der Waals surface area contributed by atoms with Crippen molar-refractivity contribution in [1.29, 1.82) is 0 Å². The van der Waals surface area contributed by atoms with E-state index >= 15 is 0 Å². The lowest BCUT2D eigenvalue weighted by molar-refractivity contribution is 0.475. The minimum absolute atomic E-state index is 0.0181. The average Bonchev–Trinajstić information content (AvgIpc) is 3.88. The van der Waals surface area contributed by atoms with Crippen molar-refractivity contribution in [3.05, 3.63) is 191 Å². The van der Waals surface area contributed by atoms with Crippen LogP contribution in [-0.4, -0.2) is 0 Å². The second kappa shape index (κ2) is 14.4. The fourth-order valence-corrected chi connectivity index (χ4v) is 14.2. The van der Waals surface area contributed by atoms with Crippen LogP contribution in [0.15, 0.2) is 152 Å². The van der Waals surface area contributed by atoms with Crippen LogP contribution in [0.5, 0.6) is 0 Å². The monoisotopic (exact) mass is 886 g/mol. The molecule has 0 amide bonds. The first-order valence-electron chi connectivity index (χ1n) is 23.4. The highest BCUT2D eigenvalue weighted by atomic mass is 32.1. The van der Waals surface area contributed by atoms with Gasteiger partial charge in [-0.05, 0) is 175 Å². The van der Waals surface area contributed by atoms with Crippen LogP contribution >= 0.6 is 22.7 Å². The van der Waals surface area contributed by atoms with Gasteiger partial charge >= 0.3 is 0 Å². The van der Waals surface area contributed by atoms with E-state index in [1.54, 1.807) is 0 Å². The lowest BCUT2D eigenvalue weighted by atomic mass is 9.70. The summed E-state index contributed by atoms with van der Waals surface area (Å²) in [6.45, 7) is 16.2. The van der Waals surface area contributed by atoms with Crippen molar-refractivity contribution in [2.24, 2.45) is 0 Å². The standard InChI is InChI=1S/C62H50N2S2/c1-35-26-36(2)29-41(28-35)63(51-18-12-16-46-44-14-8-10-20-55(44)65-60(46)51)53-32-39(5)43-22-23-48-54(33-40-24-25-62(6,7)50-34-49(53)58(43)59(48)57(40)50)64(42-30-37(3)27-38(4)31-42)52-19-13-17-47-45-15-9-11-21-56(45)66-61(47)52/h8-23,26-34H,24-25H2,1-7H3. The molecule has 2 heterocycles. The molecule has 2 nitrogen and oxygen atoms in total. The number of nitrogens with zero attached hydrogens (tertiary/aromatic N) is 2. The lowest BCUT2D eigenvalue weighted by Crippen LogP contribution is -2.24. The molecule has 0 aliphatic heterocycles. The zero-order chi connectivity index (χ0) is 44.7. The molecule has 0 radical (unpaired) electrons. The maximum Gasteiger partial charge on any atom is 0.0640 e. The van der Waals surface area contributed by atoms with E-state index in [2.05, 4.69) is 210 Å². The topological polar surface area (TPSA) is 6.48 Å². The van der Waals surface area contributed by atoms with Crippen molar-refractivity contribution < 1.29 is 0 Å². The van der Waals surface area contributed by atoms with Gasteiger partial charge in [0.25, 0.3) is 0 Å². The summed E-state index contributed by atoms with van der Waals surface area (Å²) >= 11 is 3.82. The Balaban J connectivity index is 1.17. The quantitative estimate of drug-likeness (QED) is 0.154. The number of benzene rings is 10. The highest BCUT2D eigenvalue weighted by Gasteiger charge is 2.34. The third kappa shape index (κ3) is 5.84. The molecule has 2 aromatic heterocycles. The van der Waals surface area contributed by atoms with Gasteiger partial charge in [0.15, 0.2) is 0 Å². The van der Waals surface area contributed by atoms with E-state index < -0.39 is 0 Å². The number of anilines is 6. The van der Waals surface area contributed by atoms with Crippen LogP contribution in [0.1, 0.15) is 59.2 Å². The predicted molar refractivity (Wildman–Crippen MR) is 290 cm³/mol. The smallest absolute Gasteiger partial charge is 0.0640 e. The summed E-state index contributed by atoms with van der Waals surface area (Å²) in [6, 6.07) is 58.3. The van der Waals surface area contributed by atoms with E-state index in [4.69, 9.17) is 0 Å². The molecule has 0 saturated carbocycles. The van der Waals surface area contributed by atoms with Crippen molar-refractivity contribution in [3.63, 3.8) is 0 Å². The molecule has 0 fully saturated rings. The van der Waals surface area contributed by atoms with E-state index in [1.807, 2.05) is 22.7 Å². The molecule has 0 bridgehead atoms. The largest absolute Gasteiger partial charge is 0.308 e. The molecular formula is C62H50N2S2. The first-order valence-corrected chi connectivity index (χ1v) is 25.0. The van der Waals surface area contributed by atoms with Crippen molar-refractivity contribution >= 4 is 129 Å². The fraction of sp³-hybridized carbons (Fsp3) is 0.161. The summed E-state index contributed by atoms with van der Waals surface area (Å²) in [5.74, 6) is 0. The van der Waals surface area contributed by atoms with Gasteiger partial charge < -0.3 is 9.80 Å². The summed E-state index contributed by atoms with van der Waals surface area (Å²) < 4.78 is 5.27. The van der Waals surface area contributed by atoms with Crippen LogP contribution in [0.3, 0.4) is 0 Å². The molecule has 0 spiro atoms. The van der Waals surface area contributed by atoms with Gasteiger partial charge in [0.2, 0.25) is 0 Å². The predicted octanol–water partition coefficient (Wildman–Crippen LogP) is 19.0. The Bertz CT molecular complexity index is 3950. The number of fused-ring (bicyclic) bond motifs is 6. The summed E-state index contributed by atoms with van der Waals surface area (Å²) in [6.07, 6.45) is 2.12. The highest BCUT2D eigenvalue weighted by Crippen LogP contribution is 2.56. The Kier molecular flexibility index (Phi) is 8.64. The van der Waals surface area contributed by atoms with Gasteiger partial charge in [-0.15, -0.1) is 22.7 Å². The maximum atomic E-state index is 2.61. The number of aryl methyl sites for hydroxylation is 6. The van der Waals surface area contributed by atoms with Crippen molar-refractivity contribution in [2.45, 2.75) is 66.7 Å². The van der Waals surface area contributed by atoms with Crippen LogP contribution in [0.2, 0.25) is 0 Å². The minimum atomic E-state index is -0.0181. The summed E-state index contributed by atoms with van der Waals surface area (Å²) in [4.78, 5) is 5.21. The van der Waals surface area contributed by atoms with Gasteiger partial charge in [-0.3, -0.25) is 0 Å². The first-order chi connectivity index (χ1) is 32.0. The minimum Gasteiger partial charge on any atom is -0.308 e. The van der Waals surface area contributed by atoms with E-state index in [-0.39, 0.29) is 5.41 Å². The molecule has 13 rings (SSSR count). The van der Waals surface area contributed by atoms with Gasteiger partial charge in [0.05, 0.1) is 32.1 Å². The molecule has 4 heteroatoms. The second-order valence-electron chi connectivity index (χ2n) is 19.8. The van der Waals surface area contributed by atoms with E-state index in [0.29, 0.717) is 0 Å². The first kappa shape index (κ1) is 39.6. The van der Waals surface area contributed by atoms with Gasteiger partial charge in [0.1, 0.15) is 0 Å². The molecule has 1 aliphatic rings. The number of hydrogen-bond donors (Lipinski definition) is 0. The van der Waals surface area contributed by atoms with Crippen LogP contribution in [0.4, 0.5) is 34.1 Å². The molecule has 10 aromatic carbocycles. The Labute approximate surface area is 394 Å². The lowest BCUT2D eigenvalue weighted by Gasteiger charge is -2.37. The van der Waals surface area contributed by atoms with E-state index in [9.17, 15) is 0 Å². The molecule has 0 atom stereocenters. The van der Waals surface area contributed by atoms with Gasteiger partial charge in [-0.2, -0.15) is 0 Å². The molecule has 0 N–H and O–H groups in total. The molecular weight excluding hydrogens is 837 g/mol. The molecule has 66 heavy (non-hydrogen) atoms. The zero-order valence-corrected chi connectivity index (χ0v) is 40.2. The Hall–Kier alpha value is -6.72. The normalized spacial score (nSPS) is 13.7. The number of thiophene rings is 2. The van der Waals surface area contributed by atoms with Crippen molar-refractivity contribution in [2.75, 3.05) is 9.80 Å². The Morgan fingerprint density at radius 2 is 0.909 bits per heavy atom. The molecule has 12 aromatic rings. The van der Waals surface area contributed by atoms with Crippen molar-refractivity contribution in [3.8, 4) is 0 Å². The summed E-state index contributed by atoms with van der Waals surface area (Å²) in [5, 5.41) is 13.4. The summed E-state index contributed by atoms with van der Waals surface area (Å²) in [7, 11) is 0. The van der Waals surface area contributed by atoms with Crippen LogP contribution < -0.4 is 9.80 Å². The zero-order valence-electron chi connectivity index (χ0n) is 38.6. The molecule has 1 aliphatic carbocycles. The van der Waals surface area contributed by atoms with Crippen LogP contribution in [-0.2, 0) is 11.8 Å². The third-order valence-corrected chi connectivity index (χ3v) is 17.1. The van der Waals surface area contributed by atoms with Gasteiger partial charge in [-0.25, -0.2) is 0 Å². The van der Waals surface area contributed by atoms with Gasteiger partial charge in [-0.1, -0.05) is 98.8 Å². The highest BCUT2D eigenvalue weighted by molar-refractivity contribution is 7.26. The summed E-state index contributed by atoms with van der Waals surface area (Å²) in [5.41, 5.74) is 16.5. The Morgan fingerprint density at radius 3 is 1.47 bits per heavy atom. The maximum absolute atomic E-state index is 2.61. The molecule has 0 unspecified atom stereocenters. The molecule has 0 saturated heterocycles. The Morgan fingerprint density at radius 1 is 0.409 bits per heavy atom. The number of rotatable bonds is 6.